The van der Waals surface area contributed by atoms with Gasteiger partial charge in [0.1, 0.15) is 5.75 Å². The van der Waals surface area contributed by atoms with E-state index in [2.05, 4.69) is 20.1 Å². The molecule has 7 heteroatoms. The van der Waals surface area contributed by atoms with E-state index in [9.17, 15) is 4.79 Å². The van der Waals surface area contributed by atoms with E-state index in [-0.39, 0.29) is 12.5 Å². The second kappa shape index (κ2) is 7.72. The molecule has 1 amide bonds. The van der Waals surface area contributed by atoms with Crippen molar-refractivity contribution in [2.75, 3.05) is 37.7 Å². The van der Waals surface area contributed by atoms with E-state index in [1.165, 1.54) is 0 Å². The van der Waals surface area contributed by atoms with Crippen LogP contribution >= 0.6 is 0 Å². The number of amides is 1. The maximum atomic E-state index is 12.3. The number of nitrogens with zero attached hydrogens (tertiary/aromatic N) is 5. The van der Waals surface area contributed by atoms with Crippen LogP contribution < -0.4 is 9.64 Å². The van der Waals surface area contributed by atoms with Crippen molar-refractivity contribution in [3.63, 3.8) is 0 Å². The van der Waals surface area contributed by atoms with E-state index < -0.39 is 0 Å². The smallest absolute Gasteiger partial charge is 0.260 e. The van der Waals surface area contributed by atoms with Gasteiger partial charge in [0.05, 0.1) is 11.9 Å². The third-order valence-corrected chi connectivity index (χ3v) is 3.95. The summed E-state index contributed by atoms with van der Waals surface area (Å²) < 4.78 is 5.50. The molecule has 126 valence electrons. The molecule has 0 radical (unpaired) electrons. The monoisotopic (exact) mass is 327 g/mol. The summed E-state index contributed by atoms with van der Waals surface area (Å²) in [6.45, 7) is 4.95. The molecule has 0 unspecified atom stereocenters. The van der Waals surface area contributed by atoms with E-state index >= 15 is 0 Å². The van der Waals surface area contributed by atoms with Gasteiger partial charge in [-0.05, 0) is 37.6 Å². The van der Waals surface area contributed by atoms with Crippen molar-refractivity contribution in [2.24, 2.45) is 0 Å². The summed E-state index contributed by atoms with van der Waals surface area (Å²) in [6.07, 6.45) is 4.17. The van der Waals surface area contributed by atoms with Crippen LogP contribution in [0.1, 0.15) is 12.1 Å². The van der Waals surface area contributed by atoms with E-state index in [0.29, 0.717) is 12.3 Å². The van der Waals surface area contributed by atoms with Gasteiger partial charge in [0.15, 0.2) is 12.4 Å². The number of pyridine rings is 1. The van der Waals surface area contributed by atoms with Crippen LogP contribution in [0.25, 0.3) is 0 Å². The highest BCUT2D eigenvalue weighted by molar-refractivity contribution is 5.77. The predicted octanol–water partition coefficient (Wildman–Crippen LogP) is 1.30. The first-order valence-corrected chi connectivity index (χ1v) is 8.08. The van der Waals surface area contributed by atoms with Crippen molar-refractivity contribution in [3.05, 3.63) is 42.4 Å². The van der Waals surface area contributed by atoms with Gasteiger partial charge in [-0.2, -0.15) is 5.10 Å². The average Bonchev–Trinajstić information content (AvgIpc) is 2.87. The molecule has 3 heterocycles. The molecule has 0 N–H and O–H groups in total. The Balaban J connectivity index is 1.53. The molecule has 1 aliphatic rings. The van der Waals surface area contributed by atoms with Gasteiger partial charge in [0.25, 0.3) is 5.91 Å². The third-order valence-electron chi connectivity index (χ3n) is 3.95. The van der Waals surface area contributed by atoms with Crippen LogP contribution in [0.2, 0.25) is 0 Å². The molecule has 0 atom stereocenters. The first-order valence-electron chi connectivity index (χ1n) is 8.08. The maximum absolute atomic E-state index is 12.3. The van der Waals surface area contributed by atoms with Crippen LogP contribution in [0.4, 0.5) is 5.82 Å². The Labute approximate surface area is 141 Å². The molecule has 2 aromatic rings. The molecular weight excluding hydrogens is 306 g/mol. The van der Waals surface area contributed by atoms with Crippen molar-refractivity contribution in [1.29, 1.82) is 0 Å². The maximum Gasteiger partial charge on any atom is 0.260 e. The van der Waals surface area contributed by atoms with Crippen LogP contribution in [0.15, 0.2) is 36.7 Å². The molecule has 0 aliphatic carbocycles. The zero-order valence-electron chi connectivity index (χ0n) is 13.8. The van der Waals surface area contributed by atoms with Gasteiger partial charge in [-0.15, -0.1) is 5.10 Å². The summed E-state index contributed by atoms with van der Waals surface area (Å²) in [4.78, 5) is 20.3. The molecular formula is C17H21N5O2. The van der Waals surface area contributed by atoms with Crippen LogP contribution in [-0.2, 0) is 4.79 Å². The van der Waals surface area contributed by atoms with E-state index in [4.69, 9.17) is 4.74 Å². The van der Waals surface area contributed by atoms with Gasteiger partial charge in [0, 0.05) is 32.4 Å². The van der Waals surface area contributed by atoms with Gasteiger partial charge >= 0.3 is 0 Å². The molecule has 3 rings (SSSR count). The Bertz CT molecular complexity index is 662. The SMILES string of the molecule is Cc1ccc(N2CCCN(C(=O)COc3cccnc3)CC2)nn1. The topological polar surface area (TPSA) is 71.5 Å². The van der Waals surface area contributed by atoms with E-state index in [1.54, 1.807) is 24.5 Å². The number of ether oxygens (including phenoxy) is 1. The van der Waals surface area contributed by atoms with Gasteiger partial charge in [-0.25, -0.2) is 0 Å². The van der Waals surface area contributed by atoms with Crippen LogP contribution in [0.3, 0.4) is 0 Å². The zero-order chi connectivity index (χ0) is 16.8. The molecule has 1 saturated heterocycles. The quantitative estimate of drug-likeness (QED) is 0.843. The van der Waals surface area contributed by atoms with Gasteiger partial charge in [-0.1, -0.05) is 0 Å². The fourth-order valence-corrected chi connectivity index (χ4v) is 2.63. The average molecular weight is 327 g/mol. The standard InChI is InChI=1S/C17H21N5O2/c1-14-5-6-16(20-19-14)21-8-3-9-22(11-10-21)17(23)13-24-15-4-2-7-18-12-15/h2,4-7,12H,3,8-11,13H2,1H3. The highest BCUT2D eigenvalue weighted by Gasteiger charge is 2.20. The lowest BCUT2D eigenvalue weighted by Gasteiger charge is -2.22. The first-order chi connectivity index (χ1) is 11.7. The van der Waals surface area contributed by atoms with Crippen LogP contribution in [-0.4, -0.2) is 58.8 Å². The lowest BCUT2D eigenvalue weighted by molar-refractivity contribution is -0.133. The minimum absolute atomic E-state index is 0.00399. The second-order valence-electron chi connectivity index (χ2n) is 5.73. The van der Waals surface area contributed by atoms with E-state index in [0.717, 1.165) is 37.6 Å². The summed E-state index contributed by atoms with van der Waals surface area (Å²) in [6, 6.07) is 7.51. The zero-order valence-corrected chi connectivity index (χ0v) is 13.8. The fraction of sp³-hybridized carbons (Fsp3) is 0.412. The van der Waals surface area contributed by atoms with Crippen molar-refractivity contribution < 1.29 is 9.53 Å². The van der Waals surface area contributed by atoms with Gasteiger partial charge in [-0.3, -0.25) is 9.78 Å². The summed E-state index contributed by atoms with van der Waals surface area (Å²) in [5, 5.41) is 8.33. The number of hydrogen-bond acceptors (Lipinski definition) is 6. The molecule has 2 aromatic heterocycles. The Morgan fingerprint density at radius 1 is 1.17 bits per heavy atom. The van der Waals surface area contributed by atoms with Crippen LogP contribution in [0.5, 0.6) is 5.75 Å². The van der Waals surface area contributed by atoms with Crippen molar-refractivity contribution in [3.8, 4) is 5.75 Å². The summed E-state index contributed by atoms with van der Waals surface area (Å²) >= 11 is 0. The fourth-order valence-electron chi connectivity index (χ4n) is 2.63. The van der Waals surface area contributed by atoms with Gasteiger partial charge < -0.3 is 14.5 Å². The first kappa shape index (κ1) is 16.2. The Morgan fingerprint density at radius 2 is 2.08 bits per heavy atom. The molecule has 24 heavy (non-hydrogen) atoms. The Hall–Kier alpha value is -2.70. The van der Waals surface area contributed by atoms with E-state index in [1.807, 2.05) is 24.0 Å². The predicted molar refractivity (Wildman–Crippen MR) is 89.9 cm³/mol. The normalized spacial score (nSPS) is 15.0. The molecule has 7 nitrogen and oxygen atoms in total. The summed E-state index contributed by atoms with van der Waals surface area (Å²) in [7, 11) is 0. The number of carbonyl (C=O) groups is 1. The Morgan fingerprint density at radius 3 is 2.83 bits per heavy atom. The molecule has 1 aliphatic heterocycles. The number of carbonyl (C=O) groups excluding carboxylic acids is 1. The molecule has 0 bridgehead atoms. The summed E-state index contributed by atoms with van der Waals surface area (Å²) in [5.41, 5.74) is 0.901. The lowest BCUT2D eigenvalue weighted by Crippen LogP contribution is -2.38. The minimum atomic E-state index is -0.00399. The minimum Gasteiger partial charge on any atom is -0.482 e. The third kappa shape index (κ3) is 4.18. The molecule has 0 aromatic carbocycles. The largest absolute Gasteiger partial charge is 0.482 e. The van der Waals surface area contributed by atoms with Crippen molar-refractivity contribution in [1.82, 2.24) is 20.1 Å². The molecule has 0 saturated carbocycles. The lowest BCUT2D eigenvalue weighted by atomic mass is 10.3. The van der Waals surface area contributed by atoms with Gasteiger partial charge in [0.2, 0.25) is 0 Å². The number of rotatable bonds is 4. The van der Waals surface area contributed by atoms with Crippen LogP contribution in [0, 0.1) is 6.92 Å². The molecule has 1 fully saturated rings. The number of hydrogen-bond donors (Lipinski definition) is 0. The Kier molecular flexibility index (Phi) is 5.20. The highest BCUT2D eigenvalue weighted by Crippen LogP contribution is 2.13. The summed E-state index contributed by atoms with van der Waals surface area (Å²) in [5.74, 6) is 1.47. The highest BCUT2D eigenvalue weighted by atomic mass is 16.5. The van der Waals surface area contributed by atoms with Crippen molar-refractivity contribution >= 4 is 11.7 Å². The number of anilines is 1. The second-order valence-corrected chi connectivity index (χ2v) is 5.73. The van der Waals surface area contributed by atoms with Crippen molar-refractivity contribution in [2.45, 2.75) is 13.3 Å². The molecule has 0 spiro atoms. The number of aromatic nitrogens is 3. The number of aryl methyl sites for hydroxylation is 1.